The molecule has 0 aliphatic carbocycles. The lowest BCUT2D eigenvalue weighted by Gasteiger charge is -2.06. The molecule has 1 heterocycles. The van der Waals surface area contributed by atoms with Crippen molar-refractivity contribution >= 4 is 39.3 Å². The van der Waals surface area contributed by atoms with Crippen molar-refractivity contribution < 1.29 is 0 Å². The summed E-state index contributed by atoms with van der Waals surface area (Å²) in [6.07, 6.45) is 1.79. The molecule has 0 amide bonds. The fraction of sp³-hybridized carbons (Fsp3) is 0.154. The second-order valence-electron chi connectivity index (χ2n) is 3.73. The van der Waals surface area contributed by atoms with Gasteiger partial charge in [-0.3, -0.25) is 0 Å². The Hall–Kier alpha value is -0.550. The second-order valence-corrected chi connectivity index (χ2v) is 6.05. The van der Waals surface area contributed by atoms with Gasteiger partial charge in [0.25, 0.3) is 0 Å². The number of aromatic nitrogens is 1. The lowest BCUT2D eigenvalue weighted by molar-refractivity contribution is 1.07. The van der Waals surface area contributed by atoms with Crippen molar-refractivity contribution in [2.75, 3.05) is 0 Å². The van der Waals surface area contributed by atoms with Crippen LogP contribution in [0.15, 0.2) is 46.0 Å². The number of nitrogens with zero attached hydrogens (tertiary/aromatic N) is 1. The van der Waals surface area contributed by atoms with Gasteiger partial charge >= 0.3 is 0 Å². The number of rotatable bonds is 4. The molecule has 1 aromatic heterocycles. The molecule has 0 fully saturated rings. The third kappa shape index (κ3) is 3.72. The van der Waals surface area contributed by atoms with Crippen LogP contribution in [0.1, 0.15) is 11.1 Å². The van der Waals surface area contributed by atoms with Crippen LogP contribution in [0.5, 0.6) is 0 Å². The van der Waals surface area contributed by atoms with Gasteiger partial charge in [0.15, 0.2) is 0 Å². The highest BCUT2D eigenvalue weighted by molar-refractivity contribution is 9.10. The van der Waals surface area contributed by atoms with Crippen molar-refractivity contribution in [1.29, 1.82) is 0 Å². The van der Waals surface area contributed by atoms with Crippen LogP contribution < -0.4 is 5.73 Å². The fourth-order valence-corrected chi connectivity index (χ4v) is 2.86. The summed E-state index contributed by atoms with van der Waals surface area (Å²) >= 11 is 11.2. The van der Waals surface area contributed by atoms with Gasteiger partial charge < -0.3 is 5.73 Å². The van der Waals surface area contributed by atoms with Crippen LogP contribution in [0.25, 0.3) is 0 Å². The second kappa shape index (κ2) is 6.57. The van der Waals surface area contributed by atoms with E-state index in [2.05, 4.69) is 20.9 Å². The van der Waals surface area contributed by atoms with Gasteiger partial charge in [-0.1, -0.05) is 23.7 Å². The minimum Gasteiger partial charge on any atom is -0.326 e. The van der Waals surface area contributed by atoms with E-state index < -0.39 is 0 Å². The van der Waals surface area contributed by atoms with Crippen LogP contribution in [0, 0.1) is 0 Å². The van der Waals surface area contributed by atoms with Crippen LogP contribution in [-0.2, 0) is 12.3 Å². The number of benzene rings is 1. The van der Waals surface area contributed by atoms with Gasteiger partial charge in [-0.2, -0.15) is 0 Å². The topological polar surface area (TPSA) is 38.9 Å². The molecule has 2 nitrogen and oxygen atoms in total. The summed E-state index contributed by atoms with van der Waals surface area (Å²) in [5.41, 5.74) is 7.72. The molecule has 2 rings (SSSR count). The number of halogens is 2. The summed E-state index contributed by atoms with van der Waals surface area (Å²) in [6.45, 7) is 0.515. The molecular weight excluding hydrogens is 332 g/mol. The van der Waals surface area contributed by atoms with Crippen molar-refractivity contribution in [3.8, 4) is 0 Å². The molecule has 0 radical (unpaired) electrons. The zero-order valence-electron chi connectivity index (χ0n) is 9.57. The Morgan fingerprint density at radius 3 is 2.72 bits per heavy atom. The highest BCUT2D eigenvalue weighted by Crippen LogP contribution is 2.26. The van der Waals surface area contributed by atoms with E-state index in [0.29, 0.717) is 6.54 Å². The Kier molecular flexibility index (Phi) is 5.06. The standard InChI is InChI=1S/C13H12BrClN2S/c14-11-3-4-13(17-7-11)18-8-10-2-1-9(6-16)5-12(10)15/h1-5,7H,6,8,16H2. The molecule has 0 aliphatic heterocycles. The quantitative estimate of drug-likeness (QED) is 0.844. The minimum atomic E-state index is 0.515. The number of hydrogen-bond donors (Lipinski definition) is 1. The van der Waals surface area contributed by atoms with E-state index in [4.69, 9.17) is 17.3 Å². The highest BCUT2D eigenvalue weighted by Gasteiger charge is 2.03. The normalized spacial score (nSPS) is 10.6. The molecule has 5 heteroatoms. The van der Waals surface area contributed by atoms with Gasteiger partial charge in [0.05, 0.1) is 5.03 Å². The molecule has 2 N–H and O–H groups in total. The van der Waals surface area contributed by atoms with Crippen molar-refractivity contribution in [3.63, 3.8) is 0 Å². The first kappa shape index (κ1) is 13.9. The molecule has 94 valence electrons. The van der Waals surface area contributed by atoms with Crippen molar-refractivity contribution in [2.24, 2.45) is 5.73 Å². The summed E-state index contributed by atoms with van der Waals surface area (Å²) in [5.74, 6) is 0.804. The molecular formula is C13H12BrClN2S. The van der Waals surface area contributed by atoms with E-state index in [9.17, 15) is 0 Å². The molecule has 1 aromatic carbocycles. The average molecular weight is 344 g/mol. The molecule has 0 saturated carbocycles. The summed E-state index contributed by atoms with van der Waals surface area (Å²) in [6, 6.07) is 9.92. The minimum absolute atomic E-state index is 0.515. The summed E-state index contributed by atoms with van der Waals surface area (Å²) in [4.78, 5) is 4.31. The van der Waals surface area contributed by atoms with Gasteiger partial charge in [-0.15, -0.1) is 11.8 Å². The van der Waals surface area contributed by atoms with Crippen LogP contribution in [-0.4, -0.2) is 4.98 Å². The van der Waals surface area contributed by atoms with Crippen molar-refractivity contribution in [3.05, 3.63) is 57.2 Å². The lowest BCUT2D eigenvalue weighted by Crippen LogP contribution is -1.96. The Balaban J connectivity index is 2.04. The Morgan fingerprint density at radius 1 is 1.28 bits per heavy atom. The van der Waals surface area contributed by atoms with Gasteiger partial charge in [-0.05, 0) is 45.3 Å². The van der Waals surface area contributed by atoms with Crippen LogP contribution >= 0.6 is 39.3 Å². The maximum atomic E-state index is 6.20. The van der Waals surface area contributed by atoms with Crippen LogP contribution in [0.2, 0.25) is 5.02 Å². The largest absolute Gasteiger partial charge is 0.326 e. The van der Waals surface area contributed by atoms with E-state index in [-0.39, 0.29) is 0 Å². The average Bonchev–Trinajstić information content (AvgIpc) is 2.39. The van der Waals surface area contributed by atoms with E-state index in [1.807, 2.05) is 30.3 Å². The van der Waals surface area contributed by atoms with Gasteiger partial charge in [0.2, 0.25) is 0 Å². The summed E-state index contributed by atoms with van der Waals surface area (Å²) in [5, 5.41) is 1.75. The van der Waals surface area contributed by atoms with Crippen LogP contribution in [0.3, 0.4) is 0 Å². The molecule has 0 atom stereocenters. The molecule has 18 heavy (non-hydrogen) atoms. The fourth-order valence-electron chi connectivity index (χ4n) is 1.43. The highest BCUT2D eigenvalue weighted by atomic mass is 79.9. The van der Waals surface area contributed by atoms with E-state index >= 15 is 0 Å². The smallest absolute Gasteiger partial charge is 0.0963 e. The van der Waals surface area contributed by atoms with Crippen LogP contribution in [0.4, 0.5) is 0 Å². The van der Waals surface area contributed by atoms with Gasteiger partial charge in [-0.25, -0.2) is 4.98 Å². The molecule has 0 spiro atoms. The number of pyridine rings is 1. The molecule has 0 unspecified atom stereocenters. The zero-order valence-corrected chi connectivity index (χ0v) is 12.7. The monoisotopic (exact) mass is 342 g/mol. The molecule has 2 aromatic rings. The summed E-state index contributed by atoms with van der Waals surface area (Å²) in [7, 11) is 0. The van der Waals surface area contributed by atoms with Gasteiger partial charge in [0.1, 0.15) is 0 Å². The Labute approximate surface area is 124 Å². The molecule has 0 bridgehead atoms. The zero-order chi connectivity index (χ0) is 13.0. The first-order valence-electron chi connectivity index (χ1n) is 5.41. The number of hydrogen-bond acceptors (Lipinski definition) is 3. The summed E-state index contributed by atoms with van der Waals surface area (Å²) < 4.78 is 0.984. The third-order valence-corrected chi connectivity index (χ3v) is 4.24. The lowest BCUT2D eigenvalue weighted by atomic mass is 10.1. The molecule has 0 aliphatic rings. The first-order chi connectivity index (χ1) is 8.69. The van der Waals surface area contributed by atoms with Crippen molar-refractivity contribution in [2.45, 2.75) is 17.3 Å². The SMILES string of the molecule is NCc1ccc(CSc2ccc(Br)cn2)c(Cl)c1. The van der Waals surface area contributed by atoms with E-state index in [0.717, 1.165) is 31.4 Å². The Bertz CT molecular complexity index is 531. The number of nitrogens with two attached hydrogens (primary N) is 1. The van der Waals surface area contributed by atoms with E-state index in [1.165, 1.54) is 0 Å². The maximum Gasteiger partial charge on any atom is 0.0963 e. The first-order valence-corrected chi connectivity index (χ1v) is 7.56. The van der Waals surface area contributed by atoms with E-state index in [1.54, 1.807) is 18.0 Å². The van der Waals surface area contributed by atoms with Gasteiger partial charge in [0, 0.05) is 28.0 Å². The predicted molar refractivity (Wildman–Crippen MR) is 80.8 cm³/mol. The maximum absolute atomic E-state index is 6.20. The van der Waals surface area contributed by atoms with Crippen molar-refractivity contribution in [1.82, 2.24) is 4.98 Å². The molecule has 0 saturated heterocycles. The third-order valence-electron chi connectivity index (χ3n) is 2.43. The number of thioether (sulfide) groups is 1. The predicted octanol–water partition coefficient (Wildman–Crippen LogP) is 4.25. The Morgan fingerprint density at radius 2 is 2.11 bits per heavy atom.